The molecule has 1 aromatic rings. The van der Waals surface area contributed by atoms with E-state index in [2.05, 4.69) is 21.3 Å². The van der Waals surface area contributed by atoms with Gasteiger partial charge >= 0.3 is 0 Å². The van der Waals surface area contributed by atoms with Crippen LogP contribution in [0.2, 0.25) is 0 Å². The fourth-order valence-electron chi connectivity index (χ4n) is 3.44. The number of anilines is 1. The number of nitrogens with two attached hydrogens (primary N) is 1. The van der Waals surface area contributed by atoms with Crippen LogP contribution in [0, 0.1) is 6.92 Å². The molecule has 0 spiro atoms. The number of nitrogens with one attached hydrogen (secondary N) is 1. The van der Waals surface area contributed by atoms with Gasteiger partial charge in [-0.15, -0.1) is 0 Å². The van der Waals surface area contributed by atoms with E-state index in [1.54, 1.807) is 0 Å². The van der Waals surface area contributed by atoms with Crippen molar-refractivity contribution in [2.24, 2.45) is 0 Å². The van der Waals surface area contributed by atoms with Crippen LogP contribution in [0.3, 0.4) is 0 Å². The van der Waals surface area contributed by atoms with Gasteiger partial charge in [-0.1, -0.05) is 0 Å². The second kappa shape index (κ2) is 5.68. The molecule has 2 saturated heterocycles. The number of nitrogens with zero attached hydrogens (tertiary/aromatic N) is 2. The van der Waals surface area contributed by atoms with E-state index in [9.17, 15) is 0 Å². The van der Waals surface area contributed by atoms with Crippen molar-refractivity contribution >= 4 is 5.82 Å². The standard InChI is InChI=1S/C15H24N4O/c1-10-6-12(15(16)18-7-10)14(17-2)13-8-19-5-3-4-11(19)9-20-13/h6-7,11,13-14,17H,3-5,8-9H2,1-2H3,(H2,16,18). The third kappa shape index (κ3) is 2.53. The summed E-state index contributed by atoms with van der Waals surface area (Å²) in [5.74, 6) is 0.599. The minimum atomic E-state index is 0.101. The molecular formula is C15H24N4O. The molecule has 0 aliphatic carbocycles. The van der Waals surface area contributed by atoms with E-state index in [-0.39, 0.29) is 12.1 Å². The second-order valence-corrected chi connectivity index (χ2v) is 5.92. The predicted octanol–water partition coefficient (Wildman–Crippen LogP) is 1.10. The van der Waals surface area contributed by atoms with Crippen molar-refractivity contribution < 1.29 is 4.74 Å². The lowest BCUT2D eigenvalue weighted by Gasteiger charge is -2.39. The number of likely N-dealkylation sites (N-methyl/N-ethyl adjacent to an activating group) is 1. The number of rotatable bonds is 3. The molecule has 110 valence electrons. The van der Waals surface area contributed by atoms with Crippen molar-refractivity contribution in [3.8, 4) is 0 Å². The first kappa shape index (κ1) is 13.8. The Kier molecular flexibility index (Phi) is 3.92. The third-order valence-corrected chi connectivity index (χ3v) is 4.52. The molecule has 20 heavy (non-hydrogen) atoms. The van der Waals surface area contributed by atoms with Gasteiger partial charge in [0.05, 0.1) is 18.8 Å². The zero-order valence-electron chi connectivity index (χ0n) is 12.3. The summed E-state index contributed by atoms with van der Waals surface area (Å²) in [6.07, 6.45) is 4.51. The van der Waals surface area contributed by atoms with E-state index in [0.29, 0.717) is 11.9 Å². The minimum Gasteiger partial charge on any atom is -0.383 e. The summed E-state index contributed by atoms with van der Waals surface area (Å²) < 4.78 is 6.11. The molecule has 1 aromatic heterocycles. The van der Waals surface area contributed by atoms with Gasteiger partial charge < -0.3 is 15.8 Å². The monoisotopic (exact) mass is 276 g/mol. The van der Waals surface area contributed by atoms with Crippen LogP contribution < -0.4 is 11.1 Å². The Hall–Kier alpha value is -1.17. The number of nitrogen functional groups attached to an aromatic ring is 1. The number of hydrogen-bond acceptors (Lipinski definition) is 5. The molecule has 0 saturated carbocycles. The molecule has 3 unspecified atom stereocenters. The summed E-state index contributed by atoms with van der Waals surface area (Å²) in [6, 6.07) is 2.84. The van der Waals surface area contributed by atoms with Crippen LogP contribution in [0.1, 0.15) is 30.0 Å². The molecule has 5 heteroatoms. The molecule has 5 nitrogen and oxygen atoms in total. The summed E-state index contributed by atoms with van der Waals surface area (Å²) >= 11 is 0. The Bertz CT molecular complexity index is 479. The van der Waals surface area contributed by atoms with E-state index in [0.717, 1.165) is 24.3 Å². The summed E-state index contributed by atoms with van der Waals surface area (Å²) in [7, 11) is 1.96. The Morgan fingerprint density at radius 1 is 1.55 bits per heavy atom. The number of morpholine rings is 1. The summed E-state index contributed by atoms with van der Waals surface area (Å²) in [6.45, 7) is 5.05. The molecule has 3 N–H and O–H groups in total. The molecule has 3 rings (SSSR count). The zero-order chi connectivity index (χ0) is 14.1. The lowest BCUT2D eigenvalue weighted by atomic mass is 9.99. The Morgan fingerprint density at radius 2 is 2.40 bits per heavy atom. The molecule has 0 amide bonds. The van der Waals surface area contributed by atoms with Crippen molar-refractivity contribution in [1.29, 1.82) is 0 Å². The predicted molar refractivity (Wildman–Crippen MR) is 79.5 cm³/mol. The fourth-order valence-corrected chi connectivity index (χ4v) is 3.44. The van der Waals surface area contributed by atoms with Gasteiger partial charge in [-0.2, -0.15) is 0 Å². The summed E-state index contributed by atoms with van der Waals surface area (Å²) in [5, 5.41) is 3.36. The maximum Gasteiger partial charge on any atom is 0.128 e. The zero-order valence-corrected chi connectivity index (χ0v) is 12.3. The fraction of sp³-hybridized carbons (Fsp3) is 0.667. The van der Waals surface area contributed by atoms with E-state index in [1.807, 2.05) is 20.2 Å². The highest BCUT2D eigenvalue weighted by molar-refractivity contribution is 5.43. The maximum absolute atomic E-state index is 6.11. The number of aromatic nitrogens is 1. The maximum atomic E-state index is 6.11. The quantitative estimate of drug-likeness (QED) is 0.865. The van der Waals surface area contributed by atoms with E-state index >= 15 is 0 Å². The van der Waals surface area contributed by atoms with Crippen molar-refractivity contribution in [2.45, 2.75) is 38.0 Å². The molecule has 3 atom stereocenters. The van der Waals surface area contributed by atoms with Gasteiger partial charge in [0.2, 0.25) is 0 Å². The molecule has 2 aliphatic heterocycles. The Morgan fingerprint density at radius 3 is 3.20 bits per heavy atom. The Balaban J connectivity index is 1.81. The smallest absolute Gasteiger partial charge is 0.128 e. The van der Waals surface area contributed by atoms with Crippen LogP contribution in [0.15, 0.2) is 12.3 Å². The molecule has 0 radical (unpaired) electrons. The number of fused-ring (bicyclic) bond motifs is 1. The number of ether oxygens (including phenoxy) is 1. The molecule has 2 fully saturated rings. The van der Waals surface area contributed by atoms with Crippen LogP contribution in [0.4, 0.5) is 5.82 Å². The van der Waals surface area contributed by atoms with Crippen LogP contribution in [-0.4, -0.2) is 48.8 Å². The SMILES string of the molecule is CNC(c1cc(C)cnc1N)C1CN2CCCC2CO1. The average Bonchev–Trinajstić information content (AvgIpc) is 2.91. The molecule has 3 heterocycles. The first-order valence-corrected chi connectivity index (χ1v) is 7.44. The largest absolute Gasteiger partial charge is 0.383 e. The van der Waals surface area contributed by atoms with Gasteiger partial charge in [0.25, 0.3) is 0 Å². The number of aryl methyl sites for hydroxylation is 1. The minimum absolute atomic E-state index is 0.101. The highest BCUT2D eigenvalue weighted by Crippen LogP contribution is 2.30. The van der Waals surface area contributed by atoms with Gasteiger partial charge in [0.15, 0.2) is 0 Å². The summed E-state index contributed by atoms with van der Waals surface area (Å²) in [5.41, 5.74) is 8.24. The Labute approximate surface area is 120 Å². The second-order valence-electron chi connectivity index (χ2n) is 5.92. The normalized spacial score (nSPS) is 28.3. The van der Waals surface area contributed by atoms with Crippen LogP contribution in [-0.2, 0) is 4.74 Å². The van der Waals surface area contributed by atoms with Gasteiger partial charge in [-0.3, -0.25) is 4.90 Å². The average molecular weight is 276 g/mol. The molecule has 2 aliphatic rings. The van der Waals surface area contributed by atoms with E-state index in [4.69, 9.17) is 10.5 Å². The third-order valence-electron chi connectivity index (χ3n) is 4.52. The van der Waals surface area contributed by atoms with E-state index in [1.165, 1.54) is 19.4 Å². The highest BCUT2D eigenvalue weighted by Gasteiger charge is 2.36. The van der Waals surface area contributed by atoms with Crippen molar-refractivity contribution in [1.82, 2.24) is 15.2 Å². The lowest BCUT2D eigenvalue weighted by molar-refractivity contribution is -0.0642. The van der Waals surface area contributed by atoms with Crippen LogP contribution in [0.5, 0.6) is 0 Å². The van der Waals surface area contributed by atoms with Crippen LogP contribution in [0.25, 0.3) is 0 Å². The molecule has 0 bridgehead atoms. The van der Waals surface area contributed by atoms with Gasteiger partial charge in [0, 0.05) is 24.3 Å². The molecule has 0 aromatic carbocycles. The topological polar surface area (TPSA) is 63.4 Å². The van der Waals surface area contributed by atoms with Crippen molar-refractivity contribution in [3.05, 3.63) is 23.4 Å². The first-order chi connectivity index (χ1) is 9.69. The number of hydrogen-bond donors (Lipinski definition) is 2. The van der Waals surface area contributed by atoms with Crippen molar-refractivity contribution in [2.75, 3.05) is 32.5 Å². The van der Waals surface area contributed by atoms with Crippen molar-refractivity contribution in [3.63, 3.8) is 0 Å². The molecular weight excluding hydrogens is 252 g/mol. The lowest BCUT2D eigenvalue weighted by Crippen LogP contribution is -2.50. The van der Waals surface area contributed by atoms with Crippen LogP contribution >= 0.6 is 0 Å². The van der Waals surface area contributed by atoms with Gasteiger partial charge in [-0.25, -0.2) is 4.98 Å². The van der Waals surface area contributed by atoms with Gasteiger partial charge in [-0.05, 0) is 45.0 Å². The van der Waals surface area contributed by atoms with E-state index < -0.39 is 0 Å². The first-order valence-electron chi connectivity index (χ1n) is 7.44. The number of pyridine rings is 1. The summed E-state index contributed by atoms with van der Waals surface area (Å²) in [4.78, 5) is 6.83. The highest BCUT2D eigenvalue weighted by atomic mass is 16.5. The van der Waals surface area contributed by atoms with Gasteiger partial charge in [0.1, 0.15) is 5.82 Å².